The number of halogens is 2. The Balaban J connectivity index is 1.55. The molecule has 14 nitrogen and oxygen atoms in total. The Kier molecular flexibility index (Phi) is 15.6. The number of carboxylic acids is 1. The van der Waals surface area contributed by atoms with Gasteiger partial charge < -0.3 is 36.4 Å². The molecule has 0 aliphatic carbocycles. The number of fused-ring (bicyclic) bond motifs is 18. The van der Waals surface area contributed by atoms with Crippen LogP contribution in [-0.4, -0.2) is 76.9 Å². The first-order chi connectivity index (χ1) is 28.2. The van der Waals surface area contributed by atoms with Crippen molar-refractivity contribution in [2.75, 3.05) is 5.32 Å². The van der Waals surface area contributed by atoms with Crippen LogP contribution in [0.25, 0.3) is 0 Å². The zero-order valence-corrected chi connectivity index (χ0v) is 33.4. The molecule has 16 heteroatoms. The number of carbonyl (C=O) groups excluding carboxylic acids is 6. The largest absolute Gasteiger partial charge is 0.480 e. The molecule has 0 saturated heterocycles. The Morgan fingerprint density at radius 3 is 1.88 bits per heavy atom. The van der Waals surface area contributed by atoms with Crippen molar-refractivity contribution >= 4 is 70.4 Å². The van der Waals surface area contributed by atoms with Gasteiger partial charge in [-0.2, -0.15) is 0 Å². The molecular weight excluding hydrogens is 801 g/mol. The number of esters is 1. The molecule has 0 radical (unpaired) electrons. The molecular formula is C43H43Cl2N5O9. The minimum absolute atomic E-state index is 0.0517. The van der Waals surface area contributed by atoms with Crippen LogP contribution in [-0.2, 0) is 64.0 Å². The van der Waals surface area contributed by atoms with Gasteiger partial charge in [-0.1, -0.05) is 102 Å². The van der Waals surface area contributed by atoms with E-state index in [1.165, 1.54) is 18.2 Å². The van der Waals surface area contributed by atoms with E-state index in [-0.39, 0.29) is 36.4 Å². The van der Waals surface area contributed by atoms with E-state index in [1.54, 1.807) is 54.6 Å². The van der Waals surface area contributed by atoms with E-state index in [2.05, 4.69) is 26.6 Å². The van der Waals surface area contributed by atoms with Crippen LogP contribution in [0.4, 0.5) is 5.69 Å². The molecule has 6 rings (SSSR count). The molecule has 2 aliphatic rings. The molecule has 0 fully saturated rings. The maximum Gasteiger partial charge on any atom is 0.326 e. The van der Waals surface area contributed by atoms with Gasteiger partial charge in [0.1, 0.15) is 24.2 Å². The first-order valence-electron chi connectivity index (χ1n) is 18.8. The van der Waals surface area contributed by atoms with Crippen molar-refractivity contribution in [3.63, 3.8) is 0 Å². The summed E-state index contributed by atoms with van der Waals surface area (Å²) in [4.78, 5) is 94.1. The lowest BCUT2D eigenvalue weighted by molar-refractivity contribution is -0.153. The number of aryl methyl sites for hydroxylation is 1. The Bertz CT molecular complexity index is 2160. The van der Waals surface area contributed by atoms with Crippen LogP contribution < -0.4 is 26.6 Å². The summed E-state index contributed by atoms with van der Waals surface area (Å²) in [7, 11) is 0. The number of ether oxygens (including phenoxy) is 1. The van der Waals surface area contributed by atoms with E-state index in [9.17, 15) is 38.7 Å². The van der Waals surface area contributed by atoms with Crippen LogP contribution in [0.15, 0.2) is 103 Å². The monoisotopic (exact) mass is 843 g/mol. The Morgan fingerprint density at radius 1 is 0.678 bits per heavy atom. The second-order valence-corrected chi connectivity index (χ2v) is 14.8. The molecule has 5 atom stereocenters. The standard InChI is InChI=1S/C43H43Cl2N5O9/c1-25(51)59-37-24-38(52)47-34(20-27-10-6-3-7-11-27)40(54)49-35(22-29-15-16-30(44)23-32(29)45)41(55)48-33(19-14-26-8-4-2-5-9-26)39(53)50-36(43(57)58)21-28-12-17-31(18-13-28)46-42(37)56/h2-13,15-18,23,33-37H,14,19-22,24H2,1H3,(H,46,56)(H,47,52)(H,48,55)(H,49,54)(H,50,53)(H,57,58)/t33-,34-,35+,36-,37-/m1/s1. The van der Waals surface area contributed by atoms with Gasteiger partial charge in [-0.15, -0.1) is 0 Å². The highest BCUT2D eigenvalue weighted by atomic mass is 35.5. The molecule has 6 N–H and O–H groups in total. The molecule has 308 valence electrons. The van der Waals surface area contributed by atoms with E-state index < -0.39 is 78.2 Å². The number of aliphatic carboxylic acids is 1. The lowest BCUT2D eigenvalue weighted by atomic mass is 10.00. The maximum atomic E-state index is 14.4. The first kappa shape index (κ1) is 43.9. The smallest absolute Gasteiger partial charge is 0.326 e. The van der Waals surface area contributed by atoms with Crippen LogP contribution in [0, 0.1) is 0 Å². The fourth-order valence-corrected chi connectivity index (χ4v) is 6.90. The van der Waals surface area contributed by atoms with Crippen molar-refractivity contribution in [3.05, 3.63) is 135 Å². The Morgan fingerprint density at radius 2 is 1.27 bits per heavy atom. The van der Waals surface area contributed by atoms with Gasteiger partial charge in [-0.3, -0.25) is 28.8 Å². The number of carboxylic acid groups (broad SMARTS) is 1. The number of hydrogen-bond acceptors (Lipinski definition) is 8. The molecule has 0 aromatic heterocycles. The van der Waals surface area contributed by atoms with E-state index in [4.69, 9.17) is 27.9 Å². The summed E-state index contributed by atoms with van der Waals surface area (Å²) in [6, 6.07) is 23.1. The normalized spacial score (nSPS) is 20.8. The minimum Gasteiger partial charge on any atom is -0.480 e. The second-order valence-electron chi connectivity index (χ2n) is 14.0. The lowest BCUT2D eigenvalue weighted by Gasteiger charge is -2.27. The molecule has 4 aromatic rings. The molecule has 0 saturated carbocycles. The Labute approximate surface area is 350 Å². The third kappa shape index (κ3) is 13.4. The molecule has 4 aromatic carbocycles. The van der Waals surface area contributed by atoms with Gasteiger partial charge >= 0.3 is 11.9 Å². The number of hydrogen-bond donors (Lipinski definition) is 6. The van der Waals surface area contributed by atoms with Gasteiger partial charge in [0, 0.05) is 41.9 Å². The van der Waals surface area contributed by atoms with Gasteiger partial charge in [0.15, 0.2) is 6.10 Å². The highest BCUT2D eigenvalue weighted by molar-refractivity contribution is 6.35. The van der Waals surface area contributed by atoms with Crippen molar-refractivity contribution in [2.45, 2.75) is 75.7 Å². The molecule has 0 unspecified atom stereocenters. The average molecular weight is 845 g/mol. The number of carbonyl (C=O) groups is 7. The second kappa shape index (κ2) is 21.0. The summed E-state index contributed by atoms with van der Waals surface area (Å²) in [6.45, 7) is 1.08. The quantitative estimate of drug-likeness (QED) is 0.106. The van der Waals surface area contributed by atoms with Crippen molar-refractivity contribution in [1.82, 2.24) is 21.3 Å². The number of rotatable bonds is 9. The molecule has 2 heterocycles. The zero-order valence-electron chi connectivity index (χ0n) is 31.9. The molecule has 2 aliphatic heterocycles. The van der Waals surface area contributed by atoms with E-state index in [0.29, 0.717) is 28.1 Å². The average Bonchev–Trinajstić information content (AvgIpc) is 3.20. The number of anilines is 1. The van der Waals surface area contributed by atoms with Crippen molar-refractivity contribution in [2.24, 2.45) is 0 Å². The van der Waals surface area contributed by atoms with Gasteiger partial charge in [0.2, 0.25) is 23.6 Å². The topological polar surface area (TPSA) is 209 Å². The summed E-state index contributed by atoms with van der Waals surface area (Å²) in [5.74, 6) is -6.22. The highest BCUT2D eigenvalue weighted by Crippen LogP contribution is 2.23. The minimum atomic E-state index is -1.60. The van der Waals surface area contributed by atoms with Gasteiger partial charge in [0.05, 0.1) is 6.42 Å². The fourth-order valence-electron chi connectivity index (χ4n) is 6.41. The summed E-state index contributed by atoms with van der Waals surface area (Å²) >= 11 is 12.7. The van der Waals surface area contributed by atoms with Crippen LogP contribution in [0.1, 0.15) is 42.0 Å². The van der Waals surface area contributed by atoms with Crippen LogP contribution in [0.3, 0.4) is 0 Å². The Hall–Kier alpha value is -6.25. The zero-order chi connectivity index (χ0) is 42.5. The fraction of sp³-hybridized carbons (Fsp3) is 0.279. The highest BCUT2D eigenvalue weighted by Gasteiger charge is 2.33. The number of nitrogens with one attached hydrogen (secondary N) is 5. The lowest BCUT2D eigenvalue weighted by Crippen LogP contribution is -2.59. The van der Waals surface area contributed by atoms with Gasteiger partial charge in [-0.25, -0.2) is 4.79 Å². The predicted molar refractivity (Wildman–Crippen MR) is 219 cm³/mol. The van der Waals surface area contributed by atoms with E-state index >= 15 is 0 Å². The van der Waals surface area contributed by atoms with Gasteiger partial charge in [0.25, 0.3) is 5.91 Å². The molecule has 0 spiro atoms. The van der Waals surface area contributed by atoms with Crippen LogP contribution in [0.5, 0.6) is 0 Å². The van der Waals surface area contributed by atoms with Crippen molar-refractivity contribution in [3.8, 4) is 0 Å². The number of benzene rings is 4. The van der Waals surface area contributed by atoms with Gasteiger partial charge in [-0.05, 0) is 59.4 Å². The summed E-state index contributed by atoms with van der Waals surface area (Å²) in [6.07, 6.45) is -2.29. The first-order valence-corrected chi connectivity index (χ1v) is 19.5. The third-order valence-corrected chi connectivity index (χ3v) is 10.0. The predicted octanol–water partition coefficient (Wildman–Crippen LogP) is 3.95. The number of amides is 5. The SMILES string of the molecule is CC(=O)O[C@@H]1CC(=O)N[C@H](Cc2ccccc2)C(=O)N[C@@H](Cc2ccc(Cl)cc2Cl)C(=O)N[C@H](CCc2ccccc2)C(=O)N[C@@H](C(=O)O)Cc2ccc(cc2)NC1=O. The van der Waals surface area contributed by atoms with E-state index in [1.807, 2.05) is 30.3 Å². The summed E-state index contributed by atoms with van der Waals surface area (Å²) in [5, 5.41) is 23.9. The van der Waals surface area contributed by atoms with Crippen LogP contribution in [0.2, 0.25) is 10.0 Å². The maximum absolute atomic E-state index is 14.4. The van der Waals surface area contributed by atoms with Crippen LogP contribution >= 0.6 is 23.2 Å². The van der Waals surface area contributed by atoms with Crippen molar-refractivity contribution in [1.29, 1.82) is 0 Å². The third-order valence-electron chi connectivity index (χ3n) is 9.45. The summed E-state index contributed by atoms with van der Waals surface area (Å²) in [5.41, 5.74) is 2.64. The molecule has 59 heavy (non-hydrogen) atoms. The molecule has 5 amide bonds. The van der Waals surface area contributed by atoms with E-state index in [0.717, 1.165) is 12.5 Å². The summed E-state index contributed by atoms with van der Waals surface area (Å²) < 4.78 is 5.21. The van der Waals surface area contributed by atoms with Crippen molar-refractivity contribution < 1.29 is 43.4 Å². The molecule has 2 bridgehead atoms.